The molecule has 0 aromatic heterocycles. The second-order valence-corrected chi connectivity index (χ2v) is 7.37. The van der Waals surface area contributed by atoms with E-state index in [-0.39, 0.29) is 4.90 Å². The van der Waals surface area contributed by atoms with Gasteiger partial charge >= 0.3 is 0 Å². The number of hydrazine groups is 1. The lowest BCUT2D eigenvalue weighted by molar-refractivity contribution is -0.120. The van der Waals surface area contributed by atoms with E-state index in [1.165, 1.54) is 0 Å². The summed E-state index contributed by atoms with van der Waals surface area (Å²) in [4.78, 5) is 23.6. The summed E-state index contributed by atoms with van der Waals surface area (Å²) in [6.45, 7) is 3.07. The lowest BCUT2D eigenvalue weighted by atomic mass is 10.1. The second-order valence-electron chi connectivity index (χ2n) is 5.60. The summed E-state index contributed by atoms with van der Waals surface area (Å²) in [6.07, 6.45) is 0. The minimum absolute atomic E-state index is 0.175. The van der Waals surface area contributed by atoms with Crippen LogP contribution in [0.5, 0.6) is 0 Å². The second kappa shape index (κ2) is 8.07. The average molecular weight is 379 g/mol. The molecule has 0 spiro atoms. The lowest BCUT2D eigenvalue weighted by Crippen LogP contribution is -2.46. The van der Waals surface area contributed by atoms with Crippen molar-refractivity contribution < 1.29 is 22.4 Å². The molecule has 0 aliphatic rings. The van der Waals surface area contributed by atoms with E-state index in [0.29, 0.717) is 5.56 Å². The number of nitrogens with one attached hydrogen (secondary N) is 3. The van der Waals surface area contributed by atoms with E-state index in [0.717, 1.165) is 35.4 Å². The third-order valence-electron chi connectivity index (χ3n) is 3.49. The third-order valence-corrected chi connectivity index (χ3v) is 4.91. The molecule has 2 aromatic rings. The Morgan fingerprint density at radius 1 is 1.00 bits per heavy atom. The number of rotatable bonds is 5. The first-order valence-corrected chi connectivity index (χ1v) is 9.09. The minimum atomic E-state index is -3.96. The minimum Gasteiger partial charge on any atom is -0.272 e. The number of sulfonamides is 1. The molecule has 0 aliphatic heterocycles. The van der Waals surface area contributed by atoms with Crippen LogP contribution in [0.25, 0.3) is 0 Å². The zero-order valence-corrected chi connectivity index (χ0v) is 15.0. The van der Waals surface area contributed by atoms with Crippen LogP contribution >= 0.6 is 0 Å². The van der Waals surface area contributed by atoms with Gasteiger partial charge in [-0.05, 0) is 49.7 Å². The third kappa shape index (κ3) is 5.11. The number of benzene rings is 2. The molecule has 138 valence electrons. The molecule has 0 heterocycles. The summed E-state index contributed by atoms with van der Waals surface area (Å²) in [7, 11) is -3.96. The summed E-state index contributed by atoms with van der Waals surface area (Å²) < 4.78 is 38.9. The highest BCUT2D eigenvalue weighted by molar-refractivity contribution is 7.89. The van der Waals surface area contributed by atoms with E-state index < -0.39 is 34.2 Å². The molecular formula is C17H18FN3O4S. The van der Waals surface area contributed by atoms with E-state index in [9.17, 15) is 22.4 Å². The first-order chi connectivity index (χ1) is 12.2. The molecule has 2 rings (SSSR count). The van der Waals surface area contributed by atoms with Crippen molar-refractivity contribution in [3.05, 3.63) is 65.0 Å². The molecule has 2 aromatic carbocycles. The zero-order chi connectivity index (χ0) is 19.3. The highest BCUT2D eigenvalue weighted by Gasteiger charge is 2.16. The van der Waals surface area contributed by atoms with Gasteiger partial charge in [-0.15, -0.1) is 0 Å². The number of carbonyl (C=O) groups excluding carboxylic acids is 2. The molecule has 0 unspecified atom stereocenters. The molecule has 2 amide bonds. The Bertz CT molecular complexity index is 928. The highest BCUT2D eigenvalue weighted by Crippen LogP contribution is 2.10. The Balaban J connectivity index is 1.88. The summed E-state index contributed by atoms with van der Waals surface area (Å²) in [5.74, 6) is -1.85. The molecule has 0 bridgehead atoms. The zero-order valence-electron chi connectivity index (χ0n) is 14.2. The van der Waals surface area contributed by atoms with Gasteiger partial charge in [0.1, 0.15) is 5.82 Å². The van der Waals surface area contributed by atoms with Crippen LogP contribution < -0.4 is 15.6 Å². The van der Waals surface area contributed by atoms with Gasteiger partial charge in [-0.1, -0.05) is 17.7 Å². The molecule has 7 nitrogen and oxygen atoms in total. The molecule has 0 radical (unpaired) electrons. The van der Waals surface area contributed by atoms with Crippen LogP contribution in [0.15, 0.2) is 47.4 Å². The normalized spacial score (nSPS) is 11.0. The first-order valence-electron chi connectivity index (χ1n) is 7.61. The standard InChI is InChI=1S/C17H18FN3O4S/c1-11-3-8-15(12(2)9-11)17(23)21-20-16(22)10-19-26(24,25)14-6-4-13(18)5-7-14/h3-9,19H,10H2,1-2H3,(H,20,22)(H,21,23). The van der Waals surface area contributed by atoms with Crippen molar-refractivity contribution in [1.29, 1.82) is 0 Å². The Kier molecular flexibility index (Phi) is 6.06. The number of aryl methyl sites for hydroxylation is 2. The van der Waals surface area contributed by atoms with Crippen LogP contribution in [-0.4, -0.2) is 26.8 Å². The van der Waals surface area contributed by atoms with E-state index in [1.54, 1.807) is 19.1 Å². The van der Waals surface area contributed by atoms with Crippen molar-refractivity contribution in [2.75, 3.05) is 6.54 Å². The van der Waals surface area contributed by atoms with E-state index in [4.69, 9.17) is 0 Å². The number of halogens is 1. The predicted octanol–water partition coefficient (Wildman–Crippen LogP) is 1.18. The summed E-state index contributed by atoms with van der Waals surface area (Å²) in [5, 5.41) is 0. The Morgan fingerprint density at radius 2 is 1.65 bits per heavy atom. The molecule has 26 heavy (non-hydrogen) atoms. The van der Waals surface area contributed by atoms with E-state index >= 15 is 0 Å². The number of carbonyl (C=O) groups is 2. The molecular weight excluding hydrogens is 361 g/mol. The van der Waals surface area contributed by atoms with Gasteiger partial charge in [0.15, 0.2) is 0 Å². The lowest BCUT2D eigenvalue weighted by Gasteiger charge is -2.10. The first kappa shape index (κ1) is 19.5. The van der Waals surface area contributed by atoms with Crippen molar-refractivity contribution in [2.45, 2.75) is 18.7 Å². The largest absolute Gasteiger partial charge is 0.272 e. The van der Waals surface area contributed by atoms with Gasteiger partial charge in [0.2, 0.25) is 10.0 Å². The smallest absolute Gasteiger partial charge is 0.269 e. The van der Waals surface area contributed by atoms with Crippen LogP contribution in [0.1, 0.15) is 21.5 Å². The van der Waals surface area contributed by atoms with Gasteiger partial charge in [-0.2, -0.15) is 0 Å². The van der Waals surface area contributed by atoms with Crippen molar-refractivity contribution >= 4 is 21.8 Å². The molecule has 3 N–H and O–H groups in total. The molecule has 0 atom stereocenters. The fourth-order valence-corrected chi connectivity index (χ4v) is 3.15. The number of hydrogen-bond acceptors (Lipinski definition) is 4. The molecule has 0 aliphatic carbocycles. The summed E-state index contributed by atoms with van der Waals surface area (Å²) in [6, 6.07) is 9.38. The average Bonchev–Trinajstić information content (AvgIpc) is 2.58. The SMILES string of the molecule is Cc1ccc(C(=O)NNC(=O)CNS(=O)(=O)c2ccc(F)cc2)c(C)c1. The van der Waals surface area contributed by atoms with Gasteiger partial charge in [0.25, 0.3) is 11.8 Å². The van der Waals surface area contributed by atoms with Crippen LogP contribution in [0.2, 0.25) is 0 Å². The van der Waals surface area contributed by atoms with Crippen molar-refractivity contribution in [1.82, 2.24) is 15.6 Å². The van der Waals surface area contributed by atoms with Gasteiger partial charge in [-0.3, -0.25) is 20.4 Å². The molecule has 0 saturated carbocycles. The fraction of sp³-hybridized carbons (Fsp3) is 0.176. The maximum absolute atomic E-state index is 12.8. The predicted molar refractivity (Wildman–Crippen MR) is 93.1 cm³/mol. The summed E-state index contributed by atoms with van der Waals surface area (Å²) >= 11 is 0. The van der Waals surface area contributed by atoms with Gasteiger partial charge in [0, 0.05) is 5.56 Å². The van der Waals surface area contributed by atoms with E-state index in [2.05, 4.69) is 15.6 Å². The maximum atomic E-state index is 12.8. The Hall–Kier alpha value is -2.78. The van der Waals surface area contributed by atoms with Crippen LogP contribution in [0, 0.1) is 19.7 Å². The van der Waals surface area contributed by atoms with Gasteiger partial charge in [0.05, 0.1) is 11.4 Å². The van der Waals surface area contributed by atoms with E-state index in [1.807, 2.05) is 13.0 Å². The van der Waals surface area contributed by atoms with Crippen molar-refractivity contribution in [3.63, 3.8) is 0 Å². The van der Waals surface area contributed by atoms with Crippen LogP contribution in [0.3, 0.4) is 0 Å². The Labute approximate surface area is 150 Å². The fourth-order valence-electron chi connectivity index (χ4n) is 2.16. The topological polar surface area (TPSA) is 104 Å². The van der Waals surface area contributed by atoms with Crippen LogP contribution in [-0.2, 0) is 14.8 Å². The summed E-state index contributed by atoms with van der Waals surface area (Å²) in [5.41, 5.74) is 6.48. The quantitative estimate of drug-likeness (QED) is 0.679. The Morgan fingerprint density at radius 3 is 2.27 bits per heavy atom. The maximum Gasteiger partial charge on any atom is 0.269 e. The van der Waals surface area contributed by atoms with Crippen molar-refractivity contribution in [3.8, 4) is 0 Å². The van der Waals surface area contributed by atoms with Gasteiger partial charge < -0.3 is 0 Å². The molecule has 0 fully saturated rings. The molecule has 9 heteroatoms. The van der Waals surface area contributed by atoms with Gasteiger partial charge in [-0.25, -0.2) is 17.5 Å². The van der Waals surface area contributed by atoms with Crippen molar-refractivity contribution in [2.24, 2.45) is 0 Å². The molecule has 0 saturated heterocycles. The number of hydrogen-bond donors (Lipinski definition) is 3. The highest BCUT2D eigenvalue weighted by atomic mass is 32.2. The van der Waals surface area contributed by atoms with Crippen LogP contribution in [0.4, 0.5) is 4.39 Å². The number of amides is 2. The monoisotopic (exact) mass is 379 g/mol.